The molecule has 0 saturated heterocycles. The molecule has 1 unspecified atom stereocenters. The second-order valence-electron chi connectivity index (χ2n) is 8.44. The summed E-state index contributed by atoms with van der Waals surface area (Å²) < 4.78 is 11.0. The number of rotatable bonds is 5. The number of carbonyl (C=O) groups is 1. The predicted octanol–water partition coefficient (Wildman–Crippen LogP) is 4.60. The molecule has 1 aromatic rings. The Morgan fingerprint density at radius 1 is 1.28 bits per heavy atom. The summed E-state index contributed by atoms with van der Waals surface area (Å²) >= 11 is 0. The lowest BCUT2D eigenvalue weighted by molar-refractivity contribution is 0.0128. The molecule has 5 nitrogen and oxygen atoms in total. The summed E-state index contributed by atoms with van der Waals surface area (Å²) in [6.07, 6.45) is 1.48. The number of benzene rings is 1. The number of methoxy groups -OCH3 is 1. The van der Waals surface area contributed by atoms with Crippen molar-refractivity contribution in [1.29, 1.82) is 0 Å². The van der Waals surface area contributed by atoms with Crippen LogP contribution in [-0.4, -0.2) is 37.0 Å². The molecule has 0 spiro atoms. The maximum absolute atomic E-state index is 12.4. The molecule has 0 fully saturated rings. The van der Waals surface area contributed by atoms with Gasteiger partial charge in [0.1, 0.15) is 5.60 Å². The normalized spacial score (nSPS) is 15.7. The highest BCUT2D eigenvalue weighted by Gasteiger charge is 2.29. The van der Waals surface area contributed by atoms with E-state index in [-0.39, 0.29) is 17.7 Å². The summed E-state index contributed by atoms with van der Waals surface area (Å²) in [6, 6.07) is 6.45. The Labute approximate surface area is 151 Å². The van der Waals surface area contributed by atoms with E-state index in [1.807, 2.05) is 32.9 Å². The quantitative estimate of drug-likeness (QED) is 0.845. The SMILES string of the molecule is COC(C)(C)CC(C)Nc1ccc2c(c1)CCN2C(=O)OC(C)(C)C. The number of amides is 1. The fourth-order valence-electron chi connectivity index (χ4n) is 3.15. The fourth-order valence-corrected chi connectivity index (χ4v) is 3.15. The van der Waals surface area contributed by atoms with Crippen LogP contribution in [0.1, 0.15) is 53.5 Å². The maximum atomic E-state index is 12.4. The lowest BCUT2D eigenvalue weighted by Gasteiger charge is -2.28. The topological polar surface area (TPSA) is 50.8 Å². The third-order valence-corrected chi connectivity index (χ3v) is 4.35. The number of anilines is 2. The van der Waals surface area contributed by atoms with Gasteiger partial charge in [-0.05, 0) is 78.1 Å². The van der Waals surface area contributed by atoms with E-state index in [9.17, 15) is 4.79 Å². The zero-order valence-corrected chi connectivity index (χ0v) is 16.6. The molecule has 0 bridgehead atoms. The standard InChI is InChI=1S/C20H32N2O3/c1-14(13-20(5,6)24-7)21-16-8-9-17-15(12-16)10-11-22(17)18(23)25-19(2,3)4/h8-9,12,14,21H,10-11,13H2,1-7H3. The molecule has 1 aliphatic rings. The lowest BCUT2D eigenvalue weighted by Crippen LogP contribution is -2.35. The van der Waals surface area contributed by atoms with Crippen molar-refractivity contribution in [2.24, 2.45) is 0 Å². The molecular formula is C20H32N2O3. The smallest absolute Gasteiger partial charge is 0.414 e. The first-order valence-corrected chi connectivity index (χ1v) is 8.96. The van der Waals surface area contributed by atoms with Gasteiger partial charge in [0.2, 0.25) is 0 Å². The Balaban J connectivity index is 2.05. The lowest BCUT2D eigenvalue weighted by atomic mass is 9.99. The molecule has 1 aliphatic heterocycles. The second kappa shape index (κ2) is 7.24. The van der Waals surface area contributed by atoms with Crippen LogP contribution in [0.15, 0.2) is 18.2 Å². The van der Waals surface area contributed by atoms with Crippen LogP contribution in [0.4, 0.5) is 16.2 Å². The molecule has 0 aromatic heterocycles. The molecule has 1 atom stereocenters. The zero-order valence-electron chi connectivity index (χ0n) is 16.6. The van der Waals surface area contributed by atoms with Gasteiger partial charge in [-0.15, -0.1) is 0 Å². The molecule has 5 heteroatoms. The zero-order chi connectivity index (χ0) is 18.8. The average Bonchev–Trinajstić information content (AvgIpc) is 2.88. The Morgan fingerprint density at radius 2 is 1.96 bits per heavy atom. The minimum Gasteiger partial charge on any atom is -0.443 e. The van der Waals surface area contributed by atoms with Crippen LogP contribution in [0.3, 0.4) is 0 Å². The molecular weight excluding hydrogens is 316 g/mol. The molecule has 2 rings (SSSR count). The number of hydrogen-bond donors (Lipinski definition) is 1. The molecule has 1 heterocycles. The highest BCUT2D eigenvalue weighted by Crippen LogP contribution is 2.32. The summed E-state index contributed by atoms with van der Waals surface area (Å²) in [5, 5.41) is 3.53. The monoisotopic (exact) mass is 348 g/mol. The molecule has 25 heavy (non-hydrogen) atoms. The Hall–Kier alpha value is -1.75. The second-order valence-corrected chi connectivity index (χ2v) is 8.44. The van der Waals surface area contributed by atoms with Crippen molar-refractivity contribution in [2.45, 2.75) is 71.6 Å². The first kappa shape index (κ1) is 19.6. The van der Waals surface area contributed by atoms with Gasteiger partial charge < -0.3 is 14.8 Å². The van der Waals surface area contributed by atoms with E-state index in [2.05, 4.69) is 32.2 Å². The van der Waals surface area contributed by atoms with Gasteiger partial charge >= 0.3 is 6.09 Å². The largest absolute Gasteiger partial charge is 0.443 e. The van der Waals surface area contributed by atoms with Crippen molar-refractivity contribution in [1.82, 2.24) is 0 Å². The molecule has 0 aliphatic carbocycles. The highest BCUT2D eigenvalue weighted by molar-refractivity contribution is 5.91. The number of nitrogens with zero attached hydrogens (tertiary/aromatic N) is 1. The van der Waals surface area contributed by atoms with Gasteiger partial charge in [-0.1, -0.05) is 0 Å². The fraction of sp³-hybridized carbons (Fsp3) is 0.650. The van der Waals surface area contributed by atoms with E-state index in [4.69, 9.17) is 9.47 Å². The van der Waals surface area contributed by atoms with Crippen LogP contribution in [0.25, 0.3) is 0 Å². The average molecular weight is 348 g/mol. The van der Waals surface area contributed by atoms with Crippen molar-refractivity contribution in [3.05, 3.63) is 23.8 Å². The summed E-state index contributed by atoms with van der Waals surface area (Å²) in [5.74, 6) is 0. The van der Waals surface area contributed by atoms with Gasteiger partial charge in [0, 0.05) is 25.4 Å². The number of fused-ring (bicyclic) bond motifs is 1. The molecule has 0 saturated carbocycles. The van der Waals surface area contributed by atoms with Gasteiger partial charge in [-0.2, -0.15) is 0 Å². The Morgan fingerprint density at radius 3 is 2.56 bits per heavy atom. The highest BCUT2D eigenvalue weighted by atomic mass is 16.6. The van der Waals surface area contributed by atoms with Gasteiger partial charge in [0.05, 0.1) is 11.3 Å². The maximum Gasteiger partial charge on any atom is 0.414 e. The van der Waals surface area contributed by atoms with Gasteiger partial charge in [-0.3, -0.25) is 4.90 Å². The number of ether oxygens (including phenoxy) is 2. The minimum absolute atomic E-state index is 0.156. The van der Waals surface area contributed by atoms with Crippen molar-refractivity contribution in [3.63, 3.8) is 0 Å². The molecule has 1 amide bonds. The molecule has 0 radical (unpaired) electrons. The summed E-state index contributed by atoms with van der Waals surface area (Å²) in [7, 11) is 1.74. The van der Waals surface area contributed by atoms with Gasteiger partial charge in [0.25, 0.3) is 0 Å². The van der Waals surface area contributed by atoms with Crippen molar-refractivity contribution in [2.75, 3.05) is 23.9 Å². The van der Waals surface area contributed by atoms with E-state index in [1.54, 1.807) is 12.0 Å². The van der Waals surface area contributed by atoms with Crippen molar-refractivity contribution < 1.29 is 14.3 Å². The predicted molar refractivity (Wildman–Crippen MR) is 103 cm³/mol. The van der Waals surface area contributed by atoms with E-state index in [1.165, 1.54) is 5.56 Å². The summed E-state index contributed by atoms with van der Waals surface area (Å²) in [4.78, 5) is 14.1. The number of nitrogens with one attached hydrogen (secondary N) is 1. The molecule has 1 N–H and O–H groups in total. The van der Waals surface area contributed by atoms with Gasteiger partial charge in [-0.25, -0.2) is 4.79 Å². The van der Waals surface area contributed by atoms with Crippen molar-refractivity contribution >= 4 is 17.5 Å². The third-order valence-electron chi connectivity index (χ3n) is 4.35. The van der Waals surface area contributed by atoms with Crippen LogP contribution >= 0.6 is 0 Å². The van der Waals surface area contributed by atoms with Crippen molar-refractivity contribution in [3.8, 4) is 0 Å². The van der Waals surface area contributed by atoms with Crippen LogP contribution in [0.5, 0.6) is 0 Å². The summed E-state index contributed by atoms with van der Waals surface area (Å²) in [5.41, 5.74) is 2.56. The first-order valence-electron chi connectivity index (χ1n) is 8.96. The van der Waals surface area contributed by atoms with Crippen LogP contribution in [-0.2, 0) is 15.9 Å². The number of hydrogen-bond acceptors (Lipinski definition) is 4. The van der Waals surface area contributed by atoms with Crippen LogP contribution < -0.4 is 10.2 Å². The van der Waals surface area contributed by atoms with E-state index in [0.29, 0.717) is 6.54 Å². The Kier molecular flexibility index (Phi) is 5.67. The molecule has 1 aromatic carbocycles. The van der Waals surface area contributed by atoms with Crippen LogP contribution in [0.2, 0.25) is 0 Å². The summed E-state index contributed by atoms with van der Waals surface area (Å²) in [6.45, 7) is 12.7. The van der Waals surface area contributed by atoms with Gasteiger partial charge in [0.15, 0.2) is 0 Å². The molecule has 140 valence electrons. The van der Waals surface area contributed by atoms with E-state index in [0.717, 1.165) is 24.2 Å². The van der Waals surface area contributed by atoms with E-state index < -0.39 is 5.60 Å². The van der Waals surface area contributed by atoms with E-state index >= 15 is 0 Å². The van der Waals surface area contributed by atoms with Crippen LogP contribution in [0, 0.1) is 0 Å². The third kappa shape index (κ3) is 5.36. The first-order chi connectivity index (χ1) is 11.5. The number of carbonyl (C=O) groups excluding carboxylic acids is 1. The minimum atomic E-state index is -0.481. The Bertz CT molecular complexity index is 620.